The topological polar surface area (TPSA) is 73.3 Å². The highest BCUT2D eigenvalue weighted by atomic mass is 32.1. The van der Waals surface area contributed by atoms with Gasteiger partial charge in [-0.15, -0.1) is 11.3 Å². The Bertz CT molecular complexity index is 938. The molecule has 0 bridgehead atoms. The standard InChI is InChI=1S/C18H13N3O3S/c22-17(6-4-12-3-5-15-16(8-12)24-11-23-15)21-18-20-14(10-25-18)13-2-1-7-19-9-13/h1-10H,11H2,(H,20,21,22)/b6-4-. The van der Waals surface area contributed by atoms with Crippen molar-refractivity contribution in [3.05, 3.63) is 59.7 Å². The molecule has 25 heavy (non-hydrogen) atoms. The van der Waals surface area contributed by atoms with Gasteiger partial charge in [-0.25, -0.2) is 4.98 Å². The van der Waals surface area contributed by atoms with Gasteiger partial charge in [0.1, 0.15) is 0 Å². The summed E-state index contributed by atoms with van der Waals surface area (Å²) in [6, 6.07) is 9.28. The number of ether oxygens (including phenoxy) is 2. The lowest BCUT2D eigenvalue weighted by molar-refractivity contribution is -0.111. The quantitative estimate of drug-likeness (QED) is 0.727. The minimum absolute atomic E-state index is 0.228. The van der Waals surface area contributed by atoms with E-state index in [2.05, 4.69) is 15.3 Å². The number of benzene rings is 1. The number of anilines is 1. The lowest BCUT2D eigenvalue weighted by Gasteiger charge is -1.98. The summed E-state index contributed by atoms with van der Waals surface area (Å²) in [6.45, 7) is 0.228. The number of nitrogens with zero attached hydrogens (tertiary/aromatic N) is 2. The fourth-order valence-electron chi connectivity index (χ4n) is 2.31. The number of nitrogens with one attached hydrogen (secondary N) is 1. The lowest BCUT2D eigenvalue weighted by atomic mass is 10.2. The SMILES string of the molecule is O=C(/C=C\c1ccc2c(c1)OCO2)Nc1nc(-c2cccnc2)cs1. The first kappa shape index (κ1) is 15.3. The smallest absolute Gasteiger partial charge is 0.250 e. The average molecular weight is 351 g/mol. The van der Waals surface area contributed by atoms with E-state index in [9.17, 15) is 4.79 Å². The van der Waals surface area contributed by atoms with Gasteiger partial charge in [-0.2, -0.15) is 0 Å². The van der Waals surface area contributed by atoms with Crippen LogP contribution in [0, 0.1) is 0 Å². The largest absolute Gasteiger partial charge is 0.454 e. The zero-order valence-corrected chi connectivity index (χ0v) is 13.8. The highest BCUT2D eigenvalue weighted by Gasteiger charge is 2.12. The third kappa shape index (κ3) is 3.51. The average Bonchev–Trinajstić information content (AvgIpc) is 3.29. The fourth-order valence-corrected chi connectivity index (χ4v) is 3.04. The van der Waals surface area contributed by atoms with E-state index in [0.29, 0.717) is 16.6 Å². The molecule has 4 rings (SSSR count). The number of thiazole rings is 1. The van der Waals surface area contributed by atoms with Crippen molar-refractivity contribution >= 4 is 28.5 Å². The summed E-state index contributed by atoms with van der Waals surface area (Å²) in [5.41, 5.74) is 2.55. The second kappa shape index (κ2) is 6.74. The molecule has 3 aromatic rings. The van der Waals surface area contributed by atoms with Gasteiger partial charge >= 0.3 is 0 Å². The molecule has 6 nitrogen and oxygen atoms in total. The number of pyridine rings is 1. The Kier molecular flexibility index (Phi) is 4.14. The number of rotatable bonds is 4. The van der Waals surface area contributed by atoms with Gasteiger partial charge < -0.3 is 9.47 Å². The highest BCUT2D eigenvalue weighted by Crippen LogP contribution is 2.32. The van der Waals surface area contributed by atoms with Gasteiger partial charge in [0.25, 0.3) is 0 Å². The zero-order valence-electron chi connectivity index (χ0n) is 13.0. The van der Waals surface area contributed by atoms with Crippen molar-refractivity contribution in [2.75, 3.05) is 12.1 Å². The van der Waals surface area contributed by atoms with Crippen molar-refractivity contribution < 1.29 is 14.3 Å². The van der Waals surface area contributed by atoms with Gasteiger partial charge in [0.15, 0.2) is 16.6 Å². The van der Waals surface area contributed by atoms with E-state index in [1.165, 1.54) is 17.4 Å². The van der Waals surface area contributed by atoms with Gasteiger partial charge in [-0.1, -0.05) is 6.07 Å². The summed E-state index contributed by atoms with van der Waals surface area (Å²) in [7, 11) is 0. The van der Waals surface area contributed by atoms with Crippen molar-refractivity contribution in [1.29, 1.82) is 0 Å². The molecule has 0 saturated heterocycles. The highest BCUT2D eigenvalue weighted by molar-refractivity contribution is 7.14. The maximum absolute atomic E-state index is 12.1. The molecule has 0 fully saturated rings. The molecule has 0 unspecified atom stereocenters. The van der Waals surface area contributed by atoms with Crippen LogP contribution in [-0.2, 0) is 4.79 Å². The summed E-state index contributed by atoms with van der Waals surface area (Å²) in [5.74, 6) is 1.15. The van der Waals surface area contributed by atoms with E-state index >= 15 is 0 Å². The first-order chi connectivity index (χ1) is 12.3. The first-order valence-corrected chi connectivity index (χ1v) is 8.40. The molecule has 1 aliphatic rings. The lowest BCUT2D eigenvalue weighted by Crippen LogP contribution is -2.07. The van der Waals surface area contributed by atoms with E-state index in [1.807, 2.05) is 35.7 Å². The number of carbonyl (C=O) groups excluding carboxylic acids is 1. The number of carbonyl (C=O) groups is 1. The van der Waals surface area contributed by atoms with Crippen LogP contribution in [0.4, 0.5) is 5.13 Å². The molecule has 124 valence electrons. The van der Waals surface area contributed by atoms with E-state index in [4.69, 9.17) is 9.47 Å². The fraction of sp³-hybridized carbons (Fsp3) is 0.0556. The van der Waals surface area contributed by atoms with Crippen molar-refractivity contribution in [3.63, 3.8) is 0 Å². The first-order valence-electron chi connectivity index (χ1n) is 7.52. The Morgan fingerprint density at radius 2 is 2.16 bits per heavy atom. The van der Waals surface area contributed by atoms with Crippen LogP contribution >= 0.6 is 11.3 Å². The van der Waals surface area contributed by atoms with E-state index < -0.39 is 0 Å². The predicted octanol–water partition coefficient (Wildman–Crippen LogP) is 3.59. The van der Waals surface area contributed by atoms with Crippen molar-refractivity contribution in [1.82, 2.24) is 9.97 Å². The second-order valence-electron chi connectivity index (χ2n) is 5.21. The third-order valence-corrected chi connectivity index (χ3v) is 4.27. The molecule has 1 aromatic carbocycles. The Morgan fingerprint density at radius 3 is 3.04 bits per heavy atom. The molecule has 1 aliphatic heterocycles. The molecule has 0 atom stereocenters. The Labute approximate surface area is 147 Å². The van der Waals surface area contributed by atoms with Crippen molar-refractivity contribution in [2.24, 2.45) is 0 Å². The molecular weight excluding hydrogens is 338 g/mol. The number of hydrogen-bond acceptors (Lipinski definition) is 6. The Hall–Kier alpha value is -3.19. The van der Waals surface area contributed by atoms with E-state index in [1.54, 1.807) is 18.5 Å². The molecule has 2 aromatic heterocycles. The molecule has 0 saturated carbocycles. The van der Waals surface area contributed by atoms with E-state index in [0.717, 1.165) is 16.8 Å². The van der Waals surface area contributed by atoms with Crippen LogP contribution < -0.4 is 14.8 Å². The second-order valence-corrected chi connectivity index (χ2v) is 6.07. The summed E-state index contributed by atoms with van der Waals surface area (Å²) < 4.78 is 10.6. The van der Waals surface area contributed by atoms with Crippen LogP contribution in [-0.4, -0.2) is 22.7 Å². The Balaban J connectivity index is 1.41. The summed E-state index contributed by atoms with van der Waals surface area (Å²) in [4.78, 5) is 20.5. The summed E-state index contributed by atoms with van der Waals surface area (Å²) >= 11 is 1.37. The van der Waals surface area contributed by atoms with Crippen LogP contribution in [0.2, 0.25) is 0 Å². The maximum Gasteiger partial charge on any atom is 0.250 e. The van der Waals surface area contributed by atoms with Gasteiger partial charge in [-0.3, -0.25) is 15.1 Å². The normalized spacial score (nSPS) is 12.5. The molecular formula is C18H13N3O3S. The van der Waals surface area contributed by atoms with Crippen LogP contribution in [0.3, 0.4) is 0 Å². The number of fused-ring (bicyclic) bond motifs is 1. The molecule has 0 radical (unpaired) electrons. The molecule has 1 amide bonds. The van der Waals surface area contributed by atoms with Crippen molar-refractivity contribution in [3.8, 4) is 22.8 Å². The number of aromatic nitrogens is 2. The van der Waals surface area contributed by atoms with Gasteiger partial charge in [0.05, 0.1) is 5.69 Å². The van der Waals surface area contributed by atoms with Crippen molar-refractivity contribution in [2.45, 2.75) is 0 Å². The van der Waals surface area contributed by atoms with Gasteiger partial charge in [-0.05, 0) is 35.9 Å². The van der Waals surface area contributed by atoms with Crippen LogP contribution in [0.1, 0.15) is 5.56 Å². The maximum atomic E-state index is 12.1. The minimum Gasteiger partial charge on any atom is -0.454 e. The minimum atomic E-state index is -0.246. The Morgan fingerprint density at radius 1 is 1.24 bits per heavy atom. The van der Waals surface area contributed by atoms with Crippen LogP contribution in [0.5, 0.6) is 11.5 Å². The van der Waals surface area contributed by atoms with Crippen LogP contribution in [0.15, 0.2) is 54.2 Å². The molecule has 3 heterocycles. The monoisotopic (exact) mass is 351 g/mol. The molecule has 0 aliphatic carbocycles. The number of hydrogen-bond donors (Lipinski definition) is 1. The zero-order chi connectivity index (χ0) is 17.1. The molecule has 0 spiro atoms. The molecule has 7 heteroatoms. The molecule has 1 N–H and O–H groups in total. The summed E-state index contributed by atoms with van der Waals surface area (Å²) in [5, 5.41) is 5.18. The van der Waals surface area contributed by atoms with E-state index in [-0.39, 0.29) is 12.7 Å². The van der Waals surface area contributed by atoms with Gasteiger partial charge in [0, 0.05) is 29.4 Å². The summed E-state index contributed by atoms with van der Waals surface area (Å²) in [6.07, 6.45) is 6.62. The number of amides is 1. The van der Waals surface area contributed by atoms with Gasteiger partial charge in [0.2, 0.25) is 12.7 Å². The predicted molar refractivity (Wildman–Crippen MR) is 95.6 cm³/mol. The van der Waals surface area contributed by atoms with Crippen LogP contribution in [0.25, 0.3) is 17.3 Å². The third-order valence-electron chi connectivity index (χ3n) is 3.52.